The van der Waals surface area contributed by atoms with Crippen LogP contribution in [0.1, 0.15) is 45.7 Å². The number of pyridine rings is 1. The van der Waals surface area contributed by atoms with Crippen LogP contribution in [0.15, 0.2) is 18.2 Å². The minimum Gasteiger partial charge on any atom is -0.481 e. The first-order valence-corrected chi connectivity index (χ1v) is 7.71. The summed E-state index contributed by atoms with van der Waals surface area (Å²) in [5.41, 5.74) is 1.96. The van der Waals surface area contributed by atoms with Crippen LogP contribution >= 0.6 is 0 Å². The van der Waals surface area contributed by atoms with E-state index >= 15 is 0 Å². The molecule has 3 rings (SSSR count). The van der Waals surface area contributed by atoms with Crippen molar-refractivity contribution in [2.45, 2.75) is 52.6 Å². The molecule has 0 aliphatic heterocycles. The molecule has 0 spiro atoms. The zero-order valence-electron chi connectivity index (χ0n) is 13.1. The van der Waals surface area contributed by atoms with Gasteiger partial charge >= 0.3 is 0 Å². The maximum atomic E-state index is 5.19. The number of rotatable bonds is 4. The zero-order valence-corrected chi connectivity index (χ0v) is 13.1. The molecule has 0 amide bonds. The Labute approximate surface area is 122 Å². The molecule has 0 aromatic carbocycles. The highest BCUT2D eigenvalue weighted by Crippen LogP contribution is 2.65. The largest absolute Gasteiger partial charge is 0.481 e. The Morgan fingerprint density at radius 3 is 2.75 bits per heavy atom. The third-order valence-corrected chi connectivity index (χ3v) is 6.31. The van der Waals surface area contributed by atoms with Crippen LogP contribution in [0.3, 0.4) is 0 Å². The number of aromatic nitrogens is 1. The van der Waals surface area contributed by atoms with E-state index in [2.05, 4.69) is 37.1 Å². The second-order valence-corrected chi connectivity index (χ2v) is 7.22. The van der Waals surface area contributed by atoms with Gasteiger partial charge in [0.25, 0.3) is 0 Å². The van der Waals surface area contributed by atoms with Gasteiger partial charge in [-0.1, -0.05) is 26.8 Å². The van der Waals surface area contributed by atoms with Gasteiger partial charge in [0, 0.05) is 18.7 Å². The first-order chi connectivity index (χ1) is 9.47. The number of hydrogen-bond donors (Lipinski definition) is 1. The van der Waals surface area contributed by atoms with Gasteiger partial charge in [0.05, 0.1) is 12.8 Å². The Kier molecular flexibility index (Phi) is 3.28. The van der Waals surface area contributed by atoms with Gasteiger partial charge in [-0.3, -0.25) is 0 Å². The molecule has 1 aromatic rings. The standard InChI is InChI=1S/C17H26N2O/c1-16(2)12-8-9-17(16,3)14(10-12)18-11-13-6-5-7-15(19-13)20-4/h5-7,12,14,18H,8-11H2,1-4H3. The van der Waals surface area contributed by atoms with Crippen molar-refractivity contribution < 1.29 is 4.74 Å². The van der Waals surface area contributed by atoms with E-state index in [9.17, 15) is 0 Å². The summed E-state index contributed by atoms with van der Waals surface area (Å²) >= 11 is 0. The van der Waals surface area contributed by atoms with E-state index in [4.69, 9.17) is 4.74 Å². The number of ether oxygens (including phenoxy) is 1. The average Bonchev–Trinajstić information content (AvgIpc) is 2.78. The molecule has 20 heavy (non-hydrogen) atoms. The van der Waals surface area contributed by atoms with Crippen LogP contribution in [-0.2, 0) is 6.54 Å². The van der Waals surface area contributed by atoms with Crippen molar-refractivity contribution in [3.8, 4) is 5.88 Å². The SMILES string of the molecule is COc1cccc(CNC2CC3CCC2(C)C3(C)C)n1. The molecule has 0 radical (unpaired) electrons. The van der Waals surface area contributed by atoms with Crippen molar-refractivity contribution in [3.63, 3.8) is 0 Å². The lowest BCUT2D eigenvalue weighted by Crippen LogP contribution is -2.44. The van der Waals surface area contributed by atoms with Crippen LogP contribution in [0.5, 0.6) is 5.88 Å². The van der Waals surface area contributed by atoms with E-state index in [-0.39, 0.29) is 0 Å². The lowest BCUT2D eigenvalue weighted by Gasteiger charge is -2.39. The molecule has 2 saturated carbocycles. The highest BCUT2D eigenvalue weighted by molar-refractivity contribution is 5.17. The summed E-state index contributed by atoms with van der Waals surface area (Å²) in [6.45, 7) is 8.21. The average molecular weight is 274 g/mol. The topological polar surface area (TPSA) is 34.1 Å². The van der Waals surface area contributed by atoms with Crippen molar-refractivity contribution in [2.24, 2.45) is 16.7 Å². The predicted molar refractivity (Wildman–Crippen MR) is 80.6 cm³/mol. The van der Waals surface area contributed by atoms with E-state index in [0.29, 0.717) is 22.8 Å². The third-order valence-electron chi connectivity index (χ3n) is 6.31. The number of nitrogens with one attached hydrogen (secondary N) is 1. The highest BCUT2D eigenvalue weighted by Gasteiger charge is 2.60. The van der Waals surface area contributed by atoms with Crippen LogP contribution in [0.2, 0.25) is 0 Å². The minimum absolute atomic E-state index is 0.427. The number of hydrogen-bond acceptors (Lipinski definition) is 3. The maximum Gasteiger partial charge on any atom is 0.213 e. The first kappa shape index (κ1) is 13.9. The molecule has 1 heterocycles. The van der Waals surface area contributed by atoms with Gasteiger partial charge in [0.15, 0.2) is 0 Å². The molecular formula is C17H26N2O. The Bertz CT molecular complexity index is 500. The Morgan fingerprint density at radius 2 is 2.15 bits per heavy atom. The lowest BCUT2D eigenvalue weighted by molar-refractivity contribution is 0.120. The van der Waals surface area contributed by atoms with Gasteiger partial charge in [-0.25, -0.2) is 4.98 Å². The first-order valence-electron chi connectivity index (χ1n) is 7.71. The molecule has 110 valence electrons. The molecule has 3 heteroatoms. The predicted octanol–water partition coefficient (Wildman–Crippen LogP) is 3.39. The summed E-state index contributed by atoms with van der Waals surface area (Å²) in [7, 11) is 1.67. The van der Waals surface area contributed by atoms with Gasteiger partial charge in [-0.2, -0.15) is 0 Å². The smallest absolute Gasteiger partial charge is 0.213 e. The van der Waals surface area contributed by atoms with E-state index in [1.54, 1.807) is 7.11 Å². The highest BCUT2D eigenvalue weighted by atomic mass is 16.5. The van der Waals surface area contributed by atoms with Gasteiger partial charge in [-0.15, -0.1) is 0 Å². The third kappa shape index (κ3) is 1.95. The van der Waals surface area contributed by atoms with E-state index in [1.807, 2.05) is 12.1 Å². The molecule has 3 unspecified atom stereocenters. The summed E-state index contributed by atoms with van der Waals surface area (Å²) in [4.78, 5) is 4.49. The molecule has 2 bridgehead atoms. The van der Waals surface area contributed by atoms with Crippen LogP contribution in [0, 0.1) is 16.7 Å². The molecule has 1 N–H and O–H groups in total. The monoisotopic (exact) mass is 274 g/mol. The van der Waals surface area contributed by atoms with Crippen molar-refractivity contribution >= 4 is 0 Å². The second-order valence-electron chi connectivity index (χ2n) is 7.22. The normalized spacial score (nSPS) is 34.4. The van der Waals surface area contributed by atoms with Gasteiger partial charge < -0.3 is 10.1 Å². The fourth-order valence-electron chi connectivity index (χ4n) is 4.41. The molecule has 0 saturated heterocycles. The number of methoxy groups -OCH3 is 1. The maximum absolute atomic E-state index is 5.19. The van der Waals surface area contributed by atoms with Gasteiger partial charge in [0.2, 0.25) is 5.88 Å². The van der Waals surface area contributed by atoms with Crippen molar-refractivity contribution in [1.29, 1.82) is 0 Å². The van der Waals surface area contributed by atoms with Crippen LogP contribution in [-0.4, -0.2) is 18.1 Å². The molecule has 3 atom stereocenters. The van der Waals surface area contributed by atoms with E-state index < -0.39 is 0 Å². The van der Waals surface area contributed by atoms with Crippen molar-refractivity contribution in [2.75, 3.05) is 7.11 Å². The quantitative estimate of drug-likeness (QED) is 0.914. The summed E-state index contributed by atoms with van der Waals surface area (Å²) in [6.07, 6.45) is 4.07. The molecule has 3 nitrogen and oxygen atoms in total. The lowest BCUT2D eigenvalue weighted by atomic mass is 9.69. The molecule has 2 aliphatic carbocycles. The van der Waals surface area contributed by atoms with Crippen LogP contribution in [0.25, 0.3) is 0 Å². The molecule has 2 aliphatic rings. The summed E-state index contributed by atoms with van der Waals surface area (Å²) in [5, 5.41) is 3.76. The Morgan fingerprint density at radius 1 is 1.35 bits per heavy atom. The Balaban J connectivity index is 1.68. The fourth-order valence-corrected chi connectivity index (χ4v) is 4.41. The van der Waals surface area contributed by atoms with E-state index in [1.165, 1.54) is 19.3 Å². The summed E-state index contributed by atoms with van der Waals surface area (Å²) in [6, 6.07) is 6.58. The van der Waals surface area contributed by atoms with Gasteiger partial charge in [0.1, 0.15) is 0 Å². The second kappa shape index (κ2) is 4.73. The summed E-state index contributed by atoms with van der Waals surface area (Å²) in [5.74, 6) is 1.58. The van der Waals surface area contributed by atoms with Crippen molar-refractivity contribution in [3.05, 3.63) is 23.9 Å². The van der Waals surface area contributed by atoms with E-state index in [0.717, 1.165) is 18.2 Å². The van der Waals surface area contributed by atoms with Crippen molar-refractivity contribution in [1.82, 2.24) is 10.3 Å². The molecule has 1 aromatic heterocycles. The Hall–Kier alpha value is -1.09. The van der Waals surface area contributed by atoms with Crippen LogP contribution < -0.4 is 10.1 Å². The molecular weight excluding hydrogens is 248 g/mol. The fraction of sp³-hybridized carbons (Fsp3) is 0.706. The minimum atomic E-state index is 0.427. The van der Waals surface area contributed by atoms with Gasteiger partial charge in [-0.05, 0) is 42.1 Å². The number of nitrogens with zero attached hydrogens (tertiary/aromatic N) is 1. The van der Waals surface area contributed by atoms with Crippen LogP contribution in [0.4, 0.5) is 0 Å². The molecule has 2 fully saturated rings. The summed E-state index contributed by atoms with van der Waals surface area (Å²) < 4.78 is 5.19. The number of fused-ring (bicyclic) bond motifs is 2. The zero-order chi connectivity index (χ0) is 14.4.